The SMILES string of the molecule is C/C=C\C(=NC)c1ccccn1.CC. The maximum Gasteiger partial charge on any atom is 0.0881 e. The summed E-state index contributed by atoms with van der Waals surface area (Å²) in [6, 6.07) is 5.80. The lowest BCUT2D eigenvalue weighted by atomic mass is 10.2. The van der Waals surface area contributed by atoms with Crippen molar-refractivity contribution in [3.05, 3.63) is 42.2 Å². The minimum atomic E-state index is 0.915. The summed E-state index contributed by atoms with van der Waals surface area (Å²) in [4.78, 5) is 8.30. The third-order valence-electron chi connectivity index (χ3n) is 1.49. The summed E-state index contributed by atoms with van der Waals surface area (Å²) in [6.45, 7) is 5.97. The first-order valence-electron chi connectivity index (χ1n) is 4.89. The van der Waals surface area contributed by atoms with Gasteiger partial charge in [0.05, 0.1) is 11.4 Å². The van der Waals surface area contributed by atoms with E-state index < -0.39 is 0 Å². The van der Waals surface area contributed by atoms with Crippen LogP contribution < -0.4 is 0 Å². The highest BCUT2D eigenvalue weighted by Crippen LogP contribution is 1.97. The predicted molar refractivity (Wildman–Crippen MR) is 62.9 cm³/mol. The van der Waals surface area contributed by atoms with Crippen molar-refractivity contribution in [2.24, 2.45) is 4.99 Å². The molecule has 0 aliphatic rings. The van der Waals surface area contributed by atoms with Gasteiger partial charge in [0.25, 0.3) is 0 Å². The van der Waals surface area contributed by atoms with E-state index in [9.17, 15) is 0 Å². The van der Waals surface area contributed by atoms with Crippen LogP contribution in [0, 0.1) is 0 Å². The Morgan fingerprint density at radius 2 is 2.07 bits per heavy atom. The van der Waals surface area contributed by atoms with Crippen molar-refractivity contribution < 1.29 is 0 Å². The van der Waals surface area contributed by atoms with Crippen LogP contribution in [0.5, 0.6) is 0 Å². The molecule has 0 unspecified atom stereocenters. The van der Waals surface area contributed by atoms with Crippen LogP contribution in [-0.2, 0) is 0 Å². The lowest BCUT2D eigenvalue weighted by Gasteiger charge is -1.97. The average molecular weight is 190 g/mol. The van der Waals surface area contributed by atoms with E-state index in [0.29, 0.717) is 0 Å². The second-order valence-electron chi connectivity index (χ2n) is 2.32. The van der Waals surface area contributed by atoms with E-state index in [-0.39, 0.29) is 0 Å². The van der Waals surface area contributed by atoms with Crippen molar-refractivity contribution in [2.75, 3.05) is 7.05 Å². The monoisotopic (exact) mass is 190 g/mol. The highest BCUT2D eigenvalue weighted by atomic mass is 14.7. The molecule has 1 rings (SSSR count). The van der Waals surface area contributed by atoms with Gasteiger partial charge in [-0.25, -0.2) is 0 Å². The number of nitrogens with zero attached hydrogens (tertiary/aromatic N) is 2. The molecule has 0 atom stereocenters. The van der Waals surface area contributed by atoms with Crippen LogP contribution in [0.15, 0.2) is 41.5 Å². The van der Waals surface area contributed by atoms with E-state index in [1.54, 1.807) is 13.2 Å². The molecule has 0 spiro atoms. The molecule has 0 N–H and O–H groups in total. The molecule has 0 amide bonds. The van der Waals surface area contributed by atoms with Crippen LogP contribution in [-0.4, -0.2) is 17.7 Å². The number of hydrogen-bond donors (Lipinski definition) is 0. The van der Waals surface area contributed by atoms with E-state index in [2.05, 4.69) is 9.98 Å². The number of aromatic nitrogens is 1. The van der Waals surface area contributed by atoms with E-state index in [1.165, 1.54) is 0 Å². The van der Waals surface area contributed by atoms with Crippen LogP contribution in [0.3, 0.4) is 0 Å². The van der Waals surface area contributed by atoms with Gasteiger partial charge in [-0.05, 0) is 25.1 Å². The second kappa shape index (κ2) is 8.17. The lowest BCUT2D eigenvalue weighted by Crippen LogP contribution is -1.98. The predicted octanol–water partition coefficient (Wildman–Crippen LogP) is 3.10. The quantitative estimate of drug-likeness (QED) is 0.658. The fourth-order valence-electron chi connectivity index (χ4n) is 0.947. The zero-order valence-electron chi connectivity index (χ0n) is 9.36. The Morgan fingerprint density at radius 3 is 2.50 bits per heavy atom. The molecule has 0 bridgehead atoms. The molecule has 0 saturated carbocycles. The Morgan fingerprint density at radius 1 is 1.36 bits per heavy atom. The Balaban J connectivity index is 0.000000791. The molecule has 0 aromatic carbocycles. The molecule has 0 saturated heterocycles. The van der Waals surface area contributed by atoms with E-state index in [0.717, 1.165) is 11.4 Å². The van der Waals surface area contributed by atoms with Gasteiger partial charge in [-0.1, -0.05) is 26.0 Å². The van der Waals surface area contributed by atoms with Gasteiger partial charge in [0.2, 0.25) is 0 Å². The zero-order valence-corrected chi connectivity index (χ0v) is 9.36. The summed E-state index contributed by atoms with van der Waals surface area (Å²) >= 11 is 0. The smallest absolute Gasteiger partial charge is 0.0881 e. The van der Waals surface area contributed by atoms with Crippen molar-refractivity contribution >= 4 is 5.71 Å². The Hall–Kier alpha value is -1.44. The van der Waals surface area contributed by atoms with E-state index >= 15 is 0 Å². The van der Waals surface area contributed by atoms with Gasteiger partial charge < -0.3 is 0 Å². The van der Waals surface area contributed by atoms with Gasteiger partial charge in [-0.15, -0.1) is 0 Å². The summed E-state index contributed by atoms with van der Waals surface area (Å²) in [7, 11) is 1.77. The van der Waals surface area contributed by atoms with Crippen molar-refractivity contribution in [1.29, 1.82) is 0 Å². The van der Waals surface area contributed by atoms with Crippen LogP contribution in [0.1, 0.15) is 26.5 Å². The largest absolute Gasteiger partial charge is 0.286 e. The Kier molecular flexibility index (Phi) is 7.33. The first kappa shape index (κ1) is 12.6. The van der Waals surface area contributed by atoms with Gasteiger partial charge in [-0.3, -0.25) is 9.98 Å². The van der Waals surface area contributed by atoms with E-state index in [1.807, 2.05) is 51.1 Å². The summed E-state index contributed by atoms with van der Waals surface area (Å²) < 4.78 is 0. The highest BCUT2D eigenvalue weighted by Gasteiger charge is 1.96. The molecule has 0 fully saturated rings. The van der Waals surface area contributed by atoms with Crippen molar-refractivity contribution in [3.63, 3.8) is 0 Å². The summed E-state index contributed by atoms with van der Waals surface area (Å²) in [5.74, 6) is 0. The average Bonchev–Trinajstić information content (AvgIpc) is 2.30. The molecule has 76 valence electrons. The lowest BCUT2D eigenvalue weighted by molar-refractivity contribution is 1.28. The van der Waals surface area contributed by atoms with Crippen molar-refractivity contribution in [1.82, 2.24) is 4.98 Å². The number of rotatable bonds is 2. The normalized spacial score (nSPS) is 11.0. The zero-order chi connectivity index (χ0) is 10.8. The fourth-order valence-corrected chi connectivity index (χ4v) is 0.947. The maximum absolute atomic E-state index is 4.19. The van der Waals surface area contributed by atoms with Crippen LogP contribution in [0.25, 0.3) is 0 Å². The third-order valence-corrected chi connectivity index (χ3v) is 1.49. The van der Waals surface area contributed by atoms with Crippen molar-refractivity contribution in [3.8, 4) is 0 Å². The first-order chi connectivity index (χ1) is 6.88. The molecule has 2 nitrogen and oxygen atoms in total. The molecule has 14 heavy (non-hydrogen) atoms. The molecule has 0 aliphatic carbocycles. The number of pyridine rings is 1. The minimum absolute atomic E-state index is 0.915. The molecule has 1 aromatic rings. The summed E-state index contributed by atoms with van der Waals surface area (Å²) in [5.41, 5.74) is 1.83. The van der Waals surface area contributed by atoms with Gasteiger partial charge >= 0.3 is 0 Å². The summed E-state index contributed by atoms with van der Waals surface area (Å²) in [5, 5.41) is 0. The summed E-state index contributed by atoms with van der Waals surface area (Å²) in [6.07, 6.45) is 5.67. The second-order valence-corrected chi connectivity index (χ2v) is 2.32. The molecule has 0 aliphatic heterocycles. The number of aliphatic imine (C=N–C) groups is 1. The number of hydrogen-bond acceptors (Lipinski definition) is 2. The van der Waals surface area contributed by atoms with Gasteiger partial charge in [0, 0.05) is 13.2 Å². The fraction of sp³-hybridized carbons (Fsp3) is 0.333. The highest BCUT2D eigenvalue weighted by molar-refractivity contribution is 6.07. The van der Waals surface area contributed by atoms with Gasteiger partial charge in [0.15, 0.2) is 0 Å². The molecular weight excluding hydrogens is 172 g/mol. The first-order valence-corrected chi connectivity index (χ1v) is 4.89. The Bertz CT molecular complexity index is 286. The molecule has 1 aromatic heterocycles. The third kappa shape index (κ3) is 3.99. The van der Waals surface area contributed by atoms with Gasteiger partial charge in [-0.2, -0.15) is 0 Å². The van der Waals surface area contributed by atoms with E-state index in [4.69, 9.17) is 0 Å². The molecule has 0 radical (unpaired) electrons. The van der Waals surface area contributed by atoms with Crippen LogP contribution in [0.2, 0.25) is 0 Å². The number of allylic oxidation sites excluding steroid dienone is 2. The van der Waals surface area contributed by atoms with Crippen LogP contribution in [0.4, 0.5) is 0 Å². The maximum atomic E-state index is 4.19. The molecule has 1 heterocycles. The topological polar surface area (TPSA) is 25.2 Å². The molecule has 2 heteroatoms. The standard InChI is InChI=1S/C10H12N2.C2H6/c1-3-6-9(11-2)10-7-4-5-8-12-10;1-2/h3-8H,1-2H3;1-2H3/b6-3-,11-9?;. The van der Waals surface area contributed by atoms with Crippen LogP contribution >= 0.6 is 0 Å². The molecular formula is C12H18N2. The van der Waals surface area contributed by atoms with Gasteiger partial charge in [0.1, 0.15) is 0 Å². The minimum Gasteiger partial charge on any atom is -0.286 e. The van der Waals surface area contributed by atoms with Crippen molar-refractivity contribution in [2.45, 2.75) is 20.8 Å². The Labute approximate surface area is 86.4 Å².